The van der Waals surface area contributed by atoms with Gasteiger partial charge in [-0.1, -0.05) is 44.6 Å². The SMILES string of the molecule is CCC1CC(C)C(O)C=CC=CCC(C)OC(=O)CC(O)C(OC)C1O. The smallest absolute Gasteiger partial charge is 0.308 e. The summed E-state index contributed by atoms with van der Waals surface area (Å²) in [5.74, 6) is -0.760. The minimum Gasteiger partial charge on any atom is -0.462 e. The second-order valence-electron chi connectivity index (χ2n) is 7.18. The molecule has 0 fully saturated rings. The molecule has 1 heterocycles. The summed E-state index contributed by atoms with van der Waals surface area (Å²) >= 11 is 0. The molecule has 0 saturated carbocycles. The van der Waals surface area contributed by atoms with Crippen molar-refractivity contribution >= 4 is 5.97 Å². The number of allylic oxidation sites excluding steroid dienone is 2. The number of ether oxygens (including phenoxy) is 2. The van der Waals surface area contributed by atoms with Crippen molar-refractivity contribution in [2.45, 2.75) is 77.0 Å². The van der Waals surface area contributed by atoms with Crippen LogP contribution in [0.4, 0.5) is 0 Å². The van der Waals surface area contributed by atoms with Crippen LogP contribution in [0.3, 0.4) is 0 Å². The minimum absolute atomic E-state index is 0.0642. The maximum Gasteiger partial charge on any atom is 0.308 e. The fourth-order valence-corrected chi connectivity index (χ4v) is 3.28. The predicted molar refractivity (Wildman–Crippen MR) is 99.4 cm³/mol. The van der Waals surface area contributed by atoms with E-state index in [1.807, 2.05) is 26.0 Å². The lowest BCUT2D eigenvalue weighted by Crippen LogP contribution is -2.45. The molecule has 0 saturated heterocycles. The van der Waals surface area contributed by atoms with Crippen LogP contribution < -0.4 is 0 Å². The van der Waals surface area contributed by atoms with Gasteiger partial charge in [-0.2, -0.15) is 0 Å². The average Bonchev–Trinajstić information content (AvgIpc) is 2.58. The molecule has 26 heavy (non-hydrogen) atoms. The summed E-state index contributed by atoms with van der Waals surface area (Å²) in [4.78, 5) is 12.0. The van der Waals surface area contributed by atoms with Gasteiger partial charge in [-0.25, -0.2) is 0 Å². The molecule has 0 radical (unpaired) electrons. The Kier molecular flexibility index (Phi) is 10.1. The Morgan fingerprint density at radius 2 is 1.92 bits per heavy atom. The highest BCUT2D eigenvalue weighted by Gasteiger charge is 2.35. The van der Waals surface area contributed by atoms with Crippen molar-refractivity contribution < 1.29 is 29.6 Å². The van der Waals surface area contributed by atoms with Gasteiger partial charge < -0.3 is 24.8 Å². The molecule has 6 heteroatoms. The van der Waals surface area contributed by atoms with Gasteiger partial charge in [-0.15, -0.1) is 0 Å². The number of carbonyl (C=O) groups is 1. The van der Waals surface area contributed by atoms with Gasteiger partial charge in [-0.05, 0) is 25.2 Å². The summed E-state index contributed by atoms with van der Waals surface area (Å²) in [6.07, 6.45) is 4.74. The maximum atomic E-state index is 12.0. The molecule has 0 spiro atoms. The zero-order chi connectivity index (χ0) is 19.7. The van der Waals surface area contributed by atoms with Gasteiger partial charge in [0, 0.05) is 13.5 Å². The van der Waals surface area contributed by atoms with Crippen LogP contribution in [-0.4, -0.2) is 58.9 Å². The van der Waals surface area contributed by atoms with Crippen molar-refractivity contribution in [1.29, 1.82) is 0 Å². The standard InChI is InChI=1S/C20H34O6/c1-5-15-11-13(2)16(21)10-8-6-7-9-14(3)26-18(23)12-17(22)20(25-4)19(15)24/h6-8,10,13-17,19-22,24H,5,9,11-12H2,1-4H3. The van der Waals surface area contributed by atoms with Crippen molar-refractivity contribution in [1.82, 2.24) is 0 Å². The summed E-state index contributed by atoms with van der Waals surface area (Å²) < 4.78 is 10.6. The summed E-state index contributed by atoms with van der Waals surface area (Å²) in [7, 11) is 1.40. The first kappa shape index (κ1) is 22.8. The molecule has 0 aromatic carbocycles. The Morgan fingerprint density at radius 3 is 2.54 bits per heavy atom. The van der Waals surface area contributed by atoms with Crippen LogP contribution in [0.25, 0.3) is 0 Å². The first-order chi connectivity index (χ1) is 12.3. The lowest BCUT2D eigenvalue weighted by atomic mass is 9.83. The van der Waals surface area contributed by atoms with E-state index in [-0.39, 0.29) is 24.4 Å². The van der Waals surface area contributed by atoms with E-state index in [1.165, 1.54) is 7.11 Å². The molecule has 0 aromatic heterocycles. The van der Waals surface area contributed by atoms with Crippen LogP contribution in [0.15, 0.2) is 24.3 Å². The van der Waals surface area contributed by atoms with Gasteiger partial charge in [0.15, 0.2) is 0 Å². The number of rotatable bonds is 2. The van der Waals surface area contributed by atoms with Crippen molar-refractivity contribution in [3.8, 4) is 0 Å². The van der Waals surface area contributed by atoms with Crippen molar-refractivity contribution in [3.63, 3.8) is 0 Å². The van der Waals surface area contributed by atoms with Crippen LogP contribution >= 0.6 is 0 Å². The average molecular weight is 370 g/mol. The van der Waals surface area contributed by atoms with E-state index in [1.54, 1.807) is 19.1 Å². The van der Waals surface area contributed by atoms with Crippen LogP contribution in [-0.2, 0) is 14.3 Å². The molecule has 1 aliphatic heterocycles. The van der Waals surface area contributed by atoms with Crippen LogP contribution in [0.5, 0.6) is 0 Å². The molecular weight excluding hydrogens is 336 g/mol. The second-order valence-corrected chi connectivity index (χ2v) is 7.18. The quantitative estimate of drug-likeness (QED) is 0.643. The Bertz CT molecular complexity index is 475. The molecule has 1 aliphatic rings. The molecule has 1 rings (SSSR count). The predicted octanol–water partition coefficient (Wildman–Crippen LogP) is 1.97. The van der Waals surface area contributed by atoms with E-state index in [2.05, 4.69) is 0 Å². The number of carbonyl (C=O) groups excluding carboxylic acids is 1. The van der Waals surface area contributed by atoms with Gasteiger partial charge in [0.2, 0.25) is 0 Å². The first-order valence-corrected chi connectivity index (χ1v) is 9.39. The highest BCUT2D eigenvalue weighted by molar-refractivity contribution is 5.70. The monoisotopic (exact) mass is 370 g/mol. The fourth-order valence-electron chi connectivity index (χ4n) is 3.28. The van der Waals surface area contributed by atoms with Crippen LogP contribution in [0, 0.1) is 11.8 Å². The number of hydrogen-bond donors (Lipinski definition) is 3. The number of aliphatic hydroxyl groups is 3. The number of methoxy groups -OCH3 is 1. The zero-order valence-corrected chi connectivity index (χ0v) is 16.2. The van der Waals surface area contributed by atoms with Crippen molar-refractivity contribution in [3.05, 3.63) is 24.3 Å². The number of esters is 1. The molecule has 7 unspecified atom stereocenters. The van der Waals surface area contributed by atoms with E-state index in [4.69, 9.17) is 9.47 Å². The van der Waals surface area contributed by atoms with E-state index in [0.717, 1.165) is 0 Å². The Morgan fingerprint density at radius 1 is 1.23 bits per heavy atom. The number of hydrogen-bond acceptors (Lipinski definition) is 6. The third kappa shape index (κ3) is 7.19. The van der Waals surface area contributed by atoms with Gasteiger partial charge in [0.1, 0.15) is 12.2 Å². The summed E-state index contributed by atoms with van der Waals surface area (Å²) in [5, 5.41) is 31.4. The van der Waals surface area contributed by atoms with Crippen molar-refractivity contribution in [2.75, 3.05) is 7.11 Å². The van der Waals surface area contributed by atoms with Crippen LogP contribution in [0.1, 0.15) is 46.5 Å². The molecule has 7 atom stereocenters. The van der Waals surface area contributed by atoms with E-state index in [0.29, 0.717) is 19.3 Å². The Hall–Kier alpha value is -1.21. The molecule has 3 N–H and O–H groups in total. The van der Waals surface area contributed by atoms with Gasteiger partial charge in [0.05, 0.1) is 24.7 Å². The highest BCUT2D eigenvalue weighted by Crippen LogP contribution is 2.26. The third-order valence-corrected chi connectivity index (χ3v) is 4.98. The number of aliphatic hydroxyl groups excluding tert-OH is 3. The van der Waals surface area contributed by atoms with Gasteiger partial charge in [0.25, 0.3) is 0 Å². The topological polar surface area (TPSA) is 96.2 Å². The number of cyclic esters (lactones) is 1. The Labute approximate surface area is 156 Å². The summed E-state index contributed by atoms with van der Waals surface area (Å²) in [6.45, 7) is 5.64. The Balaban J connectivity index is 3.02. The molecule has 0 bridgehead atoms. The molecule has 0 aromatic rings. The van der Waals surface area contributed by atoms with Gasteiger partial charge in [-0.3, -0.25) is 4.79 Å². The van der Waals surface area contributed by atoms with E-state index < -0.39 is 30.4 Å². The normalized spacial score (nSPS) is 38.1. The van der Waals surface area contributed by atoms with E-state index >= 15 is 0 Å². The highest BCUT2D eigenvalue weighted by atomic mass is 16.5. The third-order valence-electron chi connectivity index (χ3n) is 4.98. The van der Waals surface area contributed by atoms with Crippen molar-refractivity contribution in [2.24, 2.45) is 11.8 Å². The molecule has 6 nitrogen and oxygen atoms in total. The fraction of sp³-hybridized carbons (Fsp3) is 0.750. The molecule has 0 aliphatic carbocycles. The van der Waals surface area contributed by atoms with Gasteiger partial charge >= 0.3 is 5.97 Å². The lowest BCUT2D eigenvalue weighted by molar-refractivity contribution is -0.156. The maximum absolute atomic E-state index is 12.0. The lowest BCUT2D eigenvalue weighted by Gasteiger charge is -2.33. The first-order valence-electron chi connectivity index (χ1n) is 9.39. The zero-order valence-electron chi connectivity index (χ0n) is 16.2. The summed E-state index contributed by atoms with van der Waals surface area (Å²) in [6, 6.07) is 0. The second kappa shape index (κ2) is 11.5. The van der Waals surface area contributed by atoms with Crippen LogP contribution in [0.2, 0.25) is 0 Å². The summed E-state index contributed by atoms with van der Waals surface area (Å²) in [5.41, 5.74) is 0. The molecule has 0 amide bonds. The van der Waals surface area contributed by atoms with E-state index in [9.17, 15) is 20.1 Å². The molecular formula is C20H34O6. The largest absolute Gasteiger partial charge is 0.462 e. The minimum atomic E-state index is -1.16. The molecule has 150 valence electrons.